The van der Waals surface area contributed by atoms with Crippen LogP contribution >= 0.6 is 0 Å². The van der Waals surface area contributed by atoms with Crippen LogP contribution < -0.4 is 14.8 Å². The van der Waals surface area contributed by atoms with Gasteiger partial charge in [-0.2, -0.15) is 4.31 Å². The first-order valence-electron chi connectivity index (χ1n) is 8.40. The number of nitrogens with one attached hydrogen (secondary N) is 1. The van der Waals surface area contributed by atoms with Gasteiger partial charge in [0.2, 0.25) is 15.9 Å². The van der Waals surface area contributed by atoms with Crippen LogP contribution in [0.25, 0.3) is 0 Å². The molecule has 0 aromatic heterocycles. The molecule has 7 nitrogen and oxygen atoms in total. The lowest BCUT2D eigenvalue weighted by Gasteiger charge is -2.19. The lowest BCUT2D eigenvalue weighted by Crippen LogP contribution is -2.43. The topological polar surface area (TPSA) is 84.9 Å². The van der Waals surface area contributed by atoms with Gasteiger partial charge in [0.15, 0.2) is 0 Å². The van der Waals surface area contributed by atoms with E-state index in [4.69, 9.17) is 9.47 Å². The van der Waals surface area contributed by atoms with Crippen molar-refractivity contribution in [2.45, 2.75) is 17.9 Å². The number of hydrogen-bond acceptors (Lipinski definition) is 5. The summed E-state index contributed by atoms with van der Waals surface area (Å²) >= 11 is 0. The van der Waals surface area contributed by atoms with E-state index in [1.54, 1.807) is 19.1 Å². The third-order valence-electron chi connectivity index (χ3n) is 3.78. The molecule has 2 rings (SSSR count). The number of carbonyl (C=O) groups excluding carboxylic acids is 1. The maximum atomic E-state index is 12.5. The van der Waals surface area contributed by atoms with Gasteiger partial charge in [-0.15, -0.1) is 0 Å². The molecule has 0 fully saturated rings. The van der Waals surface area contributed by atoms with E-state index in [-0.39, 0.29) is 24.1 Å². The zero-order valence-electron chi connectivity index (χ0n) is 15.6. The minimum absolute atomic E-state index is 0.0964. The molecule has 0 spiro atoms. The van der Waals surface area contributed by atoms with Gasteiger partial charge in [0.25, 0.3) is 0 Å². The van der Waals surface area contributed by atoms with Crippen molar-refractivity contribution in [1.82, 2.24) is 9.62 Å². The average molecular weight is 392 g/mol. The molecular weight excluding hydrogens is 368 g/mol. The highest BCUT2D eigenvalue weighted by Gasteiger charge is 2.23. The van der Waals surface area contributed by atoms with E-state index in [1.807, 2.05) is 30.3 Å². The average Bonchev–Trinajstić information content (AvgIpc) is 2.67. The van der Waals surface area contributed by atoms with E-state index < -0.39 is 15.9 Å². The van der Waals surface area contributed by atoms with Crippen molar-refractivity contribution in [3.05, 3.63) is 54.6 Å². The van der Waals surface area contributed by atoms with Crippen LogP contribution in [0.3, 0.4) is 0 Å². The molecule has 0 radical (unpaired) electrons. The highest BCUT2D eigenvalue weighted by Crippen LogP contribution is 2.18. The van der Waals surface area contributed by atoms with E-state index in [9.17, 15) is 13.2 Å². The van der Waals surface area contributed by atoms with Crippen molar-refractivity contribution in [3.8, 4) is 11.5 Å². The SMILES string of the molecule is COc1ccc(S(=O)(=O)N(C)CC(=O)NC(C)COc2ccccc2)cc1. The van der Waals surface area contributed by atoms with Crippen LogP contribution in [0.1, 0.15) is 6.92 Å². The second-order valence-electron chi connectivity index (χ2n) is 6.03. The Morgan fingerprint density at radius 2 is 1.70 bits per heavy atom. The number of sulfonamides is 1. The quantitative estimate of drug-likeness (QED) is 0.705. The van der Waals surface area contributed by atoms with Crippen molar-refractivity contribution in [2.24, 2.45) is 0 Å². The molecule has 0 heterocycles. The predicted octanol–water partition coefficient (Wildman–Crippen LogP) is 1.90. The van der Waals surface area contributed by atoms with E-state index in [2.05, 4.69) is 5.32 Å². The van der Waals surface area contributed by atoms with Gasteiger partial charge in [0.1, 0.15) is 18.1 Å². The first kappa shape index (κ1) is 20.7. The second kappa shape index (κ2) is 9.38. The van der Waals surface area contributed by atoms with E-state index in [1.165, 1.54) is 26.3 Å². The largest absolute Gasteiger partial charge is 0.497 e. The van der Waals surface area contributed by atoms with Crippen molar-refractivity contribution in [1.29, 1.82) is 0 Å². The van der Waals surface area contributed by atoms with Gasteiger partial charge < -0.3 is 14.8 Å². The fourth-order valence-electron chi connectivity index (χ4n) is 2.31. The Bertz CT molecular complexity index is 838. The molecule has 1 atom stereocenters. The summed E-state index contributed by atoms with van der Waals surface area (Å²) in [5.41, 5.74) is 0. The second-order valence-corrected chi connectivity index (χ2v) is 8.07. The lowest BCUT2D eigenvalue weighted by atomic mass is 10.3. The highest BCUT2D eigenvalue weighted by molar-refractivity contribution is 7.89. The number of para-hydroxylation sites is 1. The summed E-state index contributed by atoms with van der Waals surface area (Å²) in [6.07, 6.45) is 0. The molecule has 1 unspecified atom stereocenters. The molecule has 27 heavy (non-hydrogen) atoms. The Kier molecular flexibility index (Phi) is 7.20. The fourth-order valence-corrected chi connectivity index (χ4v) is 3.44. The van der Waals surface area contributed by atoms with Gasteiger partial charge in [0, 0.05) is 7.05 Å². The molecule has 0 bridgehead atoms. The first-order chi connectivity index (χ1) is 12.8. The Morgan fingerprint density at radius 1 is 1.07 bits per heavy atom. The van der Waals surface area contributed by atoms with E-state index in [0.717, 1.165) is 4.31 Å². The maximum absolute atomic E-state index is 12.5. The molecule has 146 valence electrons. The summed E-state index contributed by atoms with van der Waals surface area (Å²) in [6.45, 7) is 1.79. The number of methoxy groups -OCH3 is 1. The molecule has 0 saturated carbocycles. The number of benzene rings is 2. The summed E-state index contributed by atoms with van der Waals surface area (Å²) < 4.78 is 36.7. The number of nitrogens with zero attached hydrogens (tertiary/aromatic N) is 1. The lowest BCUT2D eigenvalue weighted by molar-refractivity contribution is -0.121. The van der Waals surface area contributed by atoms with Crippen LogP contribution in [-0.2, 0) is 14.8 Å². The van der Waals surface area contributed by atoms with Crippen LogP contribution in [0.2, 0.25) is 0 Å². The standard InChI is InChI=1S/C19H24N2O5S/c1-15(14-26-17-7-5-4-6-8-17)20-19(22)13-21(2)27(23,24)18-11-9-16(25-3)10-12-18/h4-12,15H,13-14H2,1-3H3,(H,20,22). The molecule has 2 aromatic carbocycles. The van der Waals surface area contributed by atoms with Gasteiger partial charge in [-0.3, -0.25) is 4.79 Å². The summed E-state index contributed by atoms with van der Waals surface area (Å²) in [7, 11) is -0.896. The molecular formula is C19H24N2O5S. The molecule has 0 aliphatic rings. The van der Waals surface area contributed by atoms with Crippen LogP contribution in [0.4, 0.5) is 0 Å². The minimum Gasteiger partial charge on any atom is -0.497 e. The summed E-state index contributed by atoms with van der Waals surface area (Å²) in [5, 5.41) is 2.73. The molecule has 8 heteroatoms. The molecule has 0 aliphatic carbocycles. The van der Waals surface area contributed by atoms with Gasteiger partial charge >= 0.3 is 0 Å². The van der Waals surface area contributed by atoms with E-state index in [0.29, 0.717) is 11.5 Å². The number of rotatable bonds is 9. The zero-order valence-corrected chi connectivity index (χ0v) is 16.4. The normalized spacial score (nSPS) is 12.4. The summed E-state index contributed by atoms with van der Waals surface area (Å²) in [4.78, 5) is 12.3. The highest BCUT2D eigenvalue weighted by atomic mass is 32.2. The first-order valence-corrected chi connectivity index (χ1v) is 9.84. The number of ether oxygens (including phenoxy) is 2. The Hall–Kier alpha value is -2.58. The molecule has 0 aliphatic heterocycles. The Morgan fingerprint density at radius 3 is 2.30 bits per heavy atom. The van der Waals surface area contributed by atoms with Crippen LogP contribution in [0.5, 0.6) is 11.5 Å². The smallest absolute Gasteiger partial charge is 0.243 e. The number of carbonyl (C=O) groups is 1. The van der Waals surface area contributed by atoms with Crippen LogP contribution in [0, 0.1) is 0 Å². The van der Waals surface area contributed by atoms with Crippen molar-refractivity contribution in [3.63, 3.8) is 0 Å². The summed E-state index contributed by atoms with van der Waals surface area (Å²) in [5.74, 6) is 0.859. The Labute approximate surface area is 160 Å². The molecule has 0 saturated heterocycles. The molecule has 1 N–H and O–H groups in total. The predicted molar refractivity (Wildman–Crippen MR) is 102 cm³/mol. The van der Waals surface area contributed by atoms with Crippen molar-refractivity contribution < 1.29 is 22.7 Å². The monoisotopic (exact) mass is 392 g/mol. The maximum Gasteiger partial charge on any atom is 0.243 e. The third kappa shape index (κ3) is 5.97. The van der Waals surface area contributed by atoms with Crippen LogP contribution in [-0.4, -0.2) is 52.0 Å². The number of likely N-dealkylation sites (N-methyl/N-ethyl adjacent to an activating group) is 1. The number of amides is 1. The number of hydrogen-bond donors (Lipinski definition) is 1. The van der Waals surface area contributed by atoms with Gasteiger partial charge in [0.05, 0.1) is 24.6 Å². The minimum atomic E-state index is -3.76. The van der Waals surface area contributed by atoms with Gasteiger partial charge in [-0.05, 0) is 43.3 Å². The summed E-state index contributed by atoms with van der Waals surface area (Å²) in [6, 6.07) is 15.0. The third-order valence-corrected chi connectivity index (χ3v) is 5.60. The Balaban J connectivity index is 1.87. The van der Waals surface area contributed by atoms with Gasteiger partial charge in [-0.1, -0.05) is 18.2 Å². The van der Waals surface area contributed by atoms with Gasteiger partial charge in [-0.25, -0.2) is 8.42 Å². The zero-order chi connectivity index (χ0) is 19.9. The van der Waals surface area contributed by atoms with E-state index >= 15 is 0 Å². The molecule has 1 amide bonds. The van der Waals surface area contributed by atoms with Crippen molar-refractivity contribution >= 4 is 15.9 Å². The molecule has 2 aromatic rings. The van der Waals surface area contributed by atoms with Crippen molar-refractivity contribution in [2.75, 3.05) is 27.3 Å². The fraction of sp³-hybridized carbons (Fsp3) is 0.316. The van der Waals surface area contributed by atoms with Crippen LogP contribution in [0.15, 0.2) is 59.5 Å².